The summed E-state index contributed by atoms with van der Waals surface area (Å²) >= 11 is 0. The number of anilines is 1. The Hall–Kier alpha value is -1.99. The number of nitrogen functional groups attached to an aromatic ring is 1. The van der Waals surface area contributed by atoms with Gasteiger partial charge in [-0.05, 0) is 13.0 Å². The van der Waals surface area contributed by atoms with Crippen LogP contribution in [0.15, 0.2) is 12.1 Å². The highest BCUT2D eigenvalue weighted by molar-refractivity contribution is 6.00. The van der Waals surface area contributed by atoms with Crippen LogP contribution in [0.3, 0.4) is 0 Å². The Bertz CT molecular complexity index is 499. The van der Waals surface area contributed by atoms with E-state index in [1.807, 2.05) is 0 Å². The first-order valence-corrected chi connectivity index (χ1v) is 5.72. The number of carbonyl (C=O) groups is 1. The first-order valence-electron chi connectivity index (χ1n) is 5.72. The van der Waals surface area contributed by atoms with Gasteiger partial charge in [0.25, 0.3) is 5.91 Å². The van der Waals surface area contributed by atoms with Crippen molar-refractivity contribution in [1.82, 2.24) is 5.32 Å². The molecule has 0 saturated carbocycles. The molecule has 1 aliphatic rings. The van der Waals surface area contributed by atoms with Gasteiger partial charge in [0.15, 0.2) is 11.5 Å². The van der Waals surface area contributed by atoms with Gasteiger partial charge in [-0.3, -0.25) is 4.79 Å². The molecule has 19 heavy (non-hydrogen) atoms. The van der Waals surface area contributed by atoms with Gasteiger partial charge in [-0.1, -0.05) is 0 Å². The van der Waals surface area contributed by atoms with E-state index in [0.717, 1.165) is 0 Å². The van der Waals surface area contributed by atoms with Crippen LogP contribution in [0.4, 0.5) is 5.69 Å². The number of benzene rings is 1. The molecule has 5 N–H and O–H groups in total. The van der Waals surface area contributed by atoms with E-state index in [4.69, 9.17) is 25.4 Å². The summed E-state index contributed by atoms with van der Waals surface area (Å²) in [6.07, 6.45) is 0. The van der Waals surface area contributed by atoms with Crippen molar-refractivity contribution in [2.24, 2.45) is 0 Å². The smallest absolute Gasteiger partial charge is 0.254 e. The number of aliphatic hydroxyl groups is 2. The molecule has 0 atom stereocenters. The predicted octanol–water partition coefficient (Wildman–Crippen LogP) is -0.529. The van der Waals surface area contributed by atoms with E-state index in [1.54, 1.807) is 0 Å². The van der Waals surface area contributed by atoms with Gasteiger partial charge < -0.3 is 30.7 Å². The molecule has 0 bridgehead atoms. The van der Waals surface area contributed by atoms with Crippen molar-refractivity contribution >= 4 is 11.6 Å². The van der Waals surface area contributed by atoms with Gasteiger partial charge in [-0.15, -0.1) is 0 Å². The first-order chi connectivity index (χ1) is 8.99. The molecule has 1 amide bonds. The molecule has 0 aromatic heterocycles. The highest BCUT2D eigenvalue weighted by atomic mass is 16.7. The molecule has 0 aliphatic carbocycles. The second-order valence-corrected chi connectivity index (χ2v) is 4.62. The summed E-state index contributed by atoms with van der Waals surface area (Å²) in [6, 6.07) is 2.98. The topological polar surface area (TPSA) is 114 Å². The van der Waals surface area contributed by atoms with E-state index >= 15 is 0 Å². The Balaban J connectivity index is 2.25. The van der Waals surface area contributed by atoms with Crippen molar-refractivity contribution in [2.75, 3.05) is 25.7 Å². The number of nitrogens with one attached hydrogen (secondary N) is 1. The van der Waals surface area contributed by atoms with E-state index in [9.17, 15) is 4.79 Å². The number of hydrogen-bond acceptors (Lipinski definition) is 6. The summed E-state index contributed by atoms with van der Waals surface area (Å²) in [4.78, 5) is 12.1. The van der Waals surface area contributed by atoms with E-state index in [1.165, 1.54) is 19.1 Å². The van der Waals surface area contributed by atoms with Crippen molar-refractivity contribution in [1.29, 1.82) is 0 Å². The average molecular weight is 268 g/mol. The molecule has 7 heteroatoms. The quantitative estimate of drug-likeness (QED) is 0.546. The van der Waals surface area contributed by atoms with Crippen molar-refractivity contribution in [3.05, 3.63) is 17.7 Å². The fraction of sp³-hybridized carbons (Fsp3) is 0.417. The van der Waals surface area contributed by atoms with Crippen LogP contribution in [0, 0.1) is 0 Å². The average Bonchev–Trinajstić information content (AvgIpc) is 2.84. The minimum Gasteiger partial charge on any atom is -0.454 e. The zero-order valence-electron chi connectivity index (χ0n) is 10.5. The van der Waals surface area contributed by atoms with Gasteiger partial charge in [-0.2, -0.15) is 0 Å². The van der Waals surface area contributed by atoms with Gasteiger partial charge in [0.1, 0.15) is 0 Å². The lowest BCUT2D eigenvalue weighted by molar-refractivity contribution is 0.0724. The minimum absolute atomic E-state index is 0.0881. The van der Waals surface area contributed by atoms with Gasteiger partial charge in [0.05, 0.1) is 24.3 Å². The summed E-state index contributed by atoms with van der Waals surface area (Å²) in [6.45, 7) is 0.832. The van der Waals surface area contributed by atoms with Crippen LogP contribution in [-0.2, 0) is 0 Å². The van der Waals surface area contributed by atoms with Gasteiger partial charge in [-0.25, -0.2) is 0 Å². The first kappa shape index (κ1) is 13.4. The third kappa shape index (κ3) is 2.56. The van der Waals surface area contributed by atoms with Crippen LogP contribution >= 0.6 is 0 Å². The standard InChI is InChI=1S/C12H16N2O5/c1-12(4-15,5-16)14-11(17)7-2-9-10(3-8(7)13)19-6-18-9/h2-3,15-16H,4-6,13H2,1H3,(H,14,17). The number of amides is 1. The summed E-state index contributed by atoms with van der Waals surface area (Å²) in [5, 5.41) is 20.8. The normalized spacial score (nSPS) is 13.4. The minimum atomic E-state index is -1.11. The van der Waals surface area contributed by atoms with Crippen molar-refractivity contribution in [3.8, 4) is 11.5 Å². The summed E-state index contributed by atoms with van der Waals surface area (Å²) in [5.41, 5.74) is 5.11. The monoisotopic (exact) mass is 268 g/mol. The van der Waals surface area contributed by atoms with Crippen LogP contribution in [0.25, 0.3) is 0 Å². The molecule has 0 spiro atoms. The molecule has 1 aromatic rings. The third-order valence-electron chi connectivity index (χ3n) is 2.90. The maximum absolute atomic E-state index is 12.1. The zero-order chi connectivity index (χ0) is 14.0. The number of carbonyl (C=O) groups excluding carboxylic acids is 1. The lowest BCUT2D eigenvalue weighted by atomic mass is 10.0. The summed E-state index contributed by atoms with van der Waals surface area (Å²) in [7, 11) is 0. The number of nitrogens with two attached hydrogens (primary N) is 1. The molecule has 1 aliphatic heterocycles. The largest absolute Gasteiger partial charge is 0.454 e. The number of fused-ring (bicyclic) bond motifs is 1. The molecule has 0 fully saturated rings. The number of hydrogen-bond donors (Lipinski definition) is 4. The Kier molecular flexibility index (Phi) is 3.50. The third-order valence-corrected chi connectivity index (χ3v) is 2.90. The van der Waals surface area contributed by atoms with Crippen LogP contribution in [-0.4, -0.2) is 41.7 Å². The van der Waals surface area contributed by atoms with Gasteiger partial charge in [0, 0.05) is 11.8 Å². The molecule has 0 radical (unpaired) electrons. The predicted molar refractivity (Wildman–Crippen MR) is 67.0 cm³/mol. The van der Waals surface area contributed by atoms with E-state index in [-0.39, 0.29) is 31.3 Å². The Morgan fingerprint density at radius 1 is 1.37 bits per heavy atom. The Morgan fingerprint density at radius 2 is 1.95 bits per heavy atom. The van der Waals surface area contributed by atoms with E-state index in [0.29, 0.717) is 11.5 Å². The van der Waals surface area contributed by atoms with Gasteiger partial charge in [0.2, 0.25) is 6.79 Å². The second-order valence-electron chi connectivity index (χ2n) is 4.62. The highest BCUT2D eigenvalue weighted by Gasteiger charge is 2.27. The van der Waals surface area contributed by atoms with Crippen molar-refractivity contribution < 1.29 is 24.5 Å². The maximum atomic E-state index is 12.1. The van der Waals surface area contributed by atoms with Crippen LogP contribution in [0.5, 0.6) is 11.5 Å². The molecule has 0 unspecified atom stereocenters. The van der Waals surface area contributed by atoms with Crippen molar-refractivity contribution in [2.45, 2.75) is 12.5 Å². The van der Waals surface area contributed by atoms with E-state index < -0.39 is 11.4 Å². The summed E-state index contributed by atoms with van der Waals surface area (Å²) < 4.78 is 10.3. The highest BCUT2D eigenvalue weighted by Crippen LogP contribution is 2.35. The van der Waals surface area contributed by atoms with Crippen LogP contribution in [0.2, 0.25) is 0 Å². The fourth-order valence-electron chi connectivity index (χ4n) is 1.62. The molecule has 0 saturated heterocycles. The molecule has 7 nitrogen and oxygen atoms in total. The molecule has 104 valence electrons. The number of rotatable bonds is 4. The Morgan fingerprint density at radius 3 is 2.53 bits per heavy atom. The number of aliphatic hydroxyl groups excluding tert-OH is 2. The molecule has 1 aromatic carbocycles. The summed E-state index contributed by atoms with van der Waals surface area (Å²) in [5.74, 6) is 0.427. The lowest BCUT2D eigenvalue weighted by Gasteiger charge is -2.26. The second kappa shape index (κ2) is 4.94. The molecular weight excluding hydrogens is 252 g/mol. The van der Waals surface area contributed by atoms with E-state index in [2.05, 4.69) is 5.32 Å². The van der Waals surface area contributed by atoms with Crippen LogP contribution in [0.1, 0.15) is 17.3 Å². The number of ether oxygens (including phenoxy) is 2. The maximum Gasteiger partial charge on any atom is 0.254 e. The molecular formula is C12H16N2O5. The molecule has 1 heterocycles. The zero-order valence-corrected chi connectivity index (χ0v) is 10.5. The Labute approximate surface area is 109 Å². The fourth-order valence-corrected chi connectivity index (χ4v) is 1.62. The SMILES string of the molecule is CC(CO)(CO)NC(=O)c1cc2c(cc1N)OCO2. The van der Waals surface area contributed by atoms with Crippen LogP contribution < -0.4 is 20.5 Å². The molecule has 2 rings (SSSR count). The van der Waals surface area contributed by atoms with Gasteiger partial charge >= 0.3 is 0 Å². The lowest BCUT2D eigenvalue weighted by Crippen LogP contribution is -2.51. The van der Waals surface area contributed by atoms with Crippen molar-refractivity contribution in [3.63, 3.8) is 0 Å².